The van der Waals surface area contributed by atoms with Crippen molar-refractivity contribution < 1.29 is 26.7 Å². The molecule has 0 amide bonds. The van der Waals surface area contributed by atoms with Crippen molar-refractivity contribution >= 4 is 10.0 Å². The molecule has 11 heteroatoms. The van der Waals surface area contributed by atoms with Gasteiger partial charge in [-0.15, -0.1) is 0 Å². The van der Waals surface area contributed by atoms with E-state index in [-0.39, 0.29) is 16.5 Å². The van der Waals surface area contributed by atoms with E-state index >= 15 is 0 Å². The summed E-state index contributed by atoms with van der Waals surface area (Å²) in [5.41, 5.74) is -3.43. The quantitative estimate of drug-likeness (QED) is 0.699. The van der Waals surface area contributed by atoms with Gasteiger partial charge < -0.3 is 9.67 Å². The number of aliphatic hydroxyl groups is 1. The van der Waals surface area contributed by atoms with Crippen molar-refractivity contribution in [1.82, 2.24) is 18.8 Å². The van der Waals surface area contributed by atoms with Gasteiger partial charge in [-0.2, -0.15) is 17.5 Å². The first-order valence-electron chi connectivity index (χ1n) is 10.5. The summed E-state index contributed by atoms with van der Waals surface area (Å²) < 4.78 is 69.0. The summed E-state index contributed by atoms with van der Waals surface area (Å²) in [4.78, 5) is 6.30. The average molecular weight is 473 g/mol. The highest BCUT2D eigenvalue weighted by Crippen LogP contribution is 2.44. The van der Waals surface area contributed by atoms with Crippen LogP contribution in [0.4, 0.5) is 13.2 Å². The van der Waals surface area contributed by atoms with Gasteiger partial charge >= 0.3 is 6.18 Å². The number of alkyl halides is 3. The maximum absolute atomic E-state index is 13.2. The smallest absolute Gasteiger partial charge is 0.376 e. The van der Waals surface area contributed by atoms with Gasteiger partial charge in [0.1, 0.15) is 0 Å². The summed E-state index contributed by atoms with van der Waals surface area (Å²) in [5.74, 6) is 0. The van der Waals surface area contributed by atoms with E-state index in [2.05, 4.69) is 14.5 Å². The van der Waals surface area contributed by atoms with Gasteiger partial charge in [-0.05, 0) is 44.4 Å². The van der Waals surface area contributed by atoms with Crippen LogP contribution < -0.4 is 0 Å². The normalized spacial score (nSPS) is 24.2. The lowest BCUT2D eigenvalue weighted by molar-refractivity contribution is -0.258. The van der Waals surface area contributed by atoms with Crippen molar-refractivity contribution in [1.29, 1.82) is 0 Å². The van der Waals surface area contributed by atoms with E-state index in [0.717, 1.165) is 43.7 Å². The molecule has 1 aliphatic carbocycles. The molecule has 2 atom stereocenters. The number of hydrogen-bond acceptors (Lipinski definition) is 5. The van der Waals surface area contributed by atoms with E-state index in [4.69, 9.17) is 0 Å². The van der Waals surface area contributed by atoms with Gasteiger partial charge in [0.15, 0.2) is 5.60 Å². The van der Waals surface area contributed by atoms with Crippen LogP contribution >= 0.6 is 0 Å². The van der Waals surface area contributed by atoms with Crippen molar-refractivity contribution in [2.75, 3.05) is 26.2 Å². The standard InChI is InChI=1S/C21H27F3N4O3S/c1-16-13-26(14-20(7-8-20)27-10-9-25-15-27)11-12-28(16)32(30,31)18-5-3-17(4-6-18)19(2,29)21(22,23)24/h3-6,9-10,15-16,29H,7-8,11-14H2,1-2H3. The molecule has 0 radical (unpaired) electrons. The summed E-state index contributed by atoms with van der Waals surface area (Å²) in [7, 11) is -3.88. The second-order valence-corrected chi connectivity index (χ2v) is 10.9. The van der Waals surface area contributed by atoms with Crippen molar-refractivity contribution in [3.63, 3.8) is 0 Å². The number of hydrogen-bond donors (Lipinski definition) is 1. The largest absolute Gasteiger partial charge is 0.421 e. The monoisotopic (exact) mass is 472 g/mol. The lowest BCUT2D eigenvalue weighted by Gasteiger charge is -2.40. The third-order valence-corrected chi connectivity index (χ3v) is 8.65. The predicted octanol–water partition coefficient (Wildman–Crippen LogP) is 2.54. The molecule has 1 N–H and O–H groups in total. The number of nitrogens with zero attached hydrogens (tertiary/aromatic N) is 4. The second-order valence-electron chi connectivity index (χ2n) is 8.99. The van der Waals surface area contributed by atoms with Gasteiger partial charge in [-0.1, -0.05) is 12.1 Å². The zero-order valence-electron chi connectivity index (χ0n) is 18.0. The predicted molar refractivity (Wildman–Crippen MR) is 111 cm³/mol. The summed E-state index contributed by atoms with van der Waals surface area (Å²) in [6.45, 7) is 4.74. The topological polar surface area (TPSA) is 78.7 Å². The minimum atomic E-state index is -4.87. The van der Waals surface area contributed by atoms with Crippen LogP contribution in [0.2, 0.25) is 0 Å². The molecule has 2 unspecified atom stereocenters. The van der Waals surface area contributed by atoms with Crippen LogP contribution in [0.5, 0.6) is 0 Å². The zero-order chi connectivity index (χ0) is 23.4. The van der Waals surface area contributed by atoms with Crippen LogP contribution in [0.25, 0.3) is 0 Å². The van der Waals surface area contributed by atoms with Crippen molar-refractivity contribution in [3.8, 4) is 0 Å². The Morgan fingerprint density at radius 3 is 2.34 bits per heavy atom. The van der Waals surface area contributed by atoms with E-state index in [0.29, 0.717) is 26.6 Å². The van der Waals surface area contributed by atoms with E-state index in [1.165, 1.54) is 4.31 Å². The Labute approximate surface area is 185 Å². The summed E-state index contributed by atoms with van der Waals surface area (Å²) in [6.07, 6.45) is 2.78. The van der Waals surface area contributed by atoms with Gasteiger partial charge in [-0.3, -0.25) is 4.90 Å². The van der Waals surface area contributed by atoms with E-state index in [1.54, 1.807) is 6.20 Å². The molecule has 2 heterocycles. The number of aromatic nitrogens is 2. The van der Waals surface area contributed by atoms with Gasteiger partial charge in [0.2, 0.25) is 10.0 Å². The molecular weight excluding hydrogens is 445 g/mol. The highest BCUT2D eigenvalue weighted by Gasteiger charge is 2.51. The highest BCUT2D eigenvalue weighted by molar-refractivity contribution is 7.89. The van der Waals surface area contributed by atoms with Crippen molar-refractivity contribution in [2.24, 2.45) is 0 Å². The van der Waals surface area contributed by atoms with Crippen LogP contribution in [-0.2, 0) is 21.2 Å². The molecule has 2 aliphatic rings. The second kappa shape index (κ2) is 7.82. The minimum Gasteiger partial charge on any atom is -0.376 e. The Morgan fingerprint density at radius 2 is 1.84 bits per heavy atom. The lowest BCUT2D eigenvalue weighted by atomic mass is 9.96. The third kappa shape index (κ3) is 4.07. The first-order valence-corrected chi connectivity index (χ1v) is 11.9. The number of benzene rings is 1. The fraction of sp³-hybridized carbons (Fsp3) is 0.571. The SMILES string of the molecule is CC1CN(CC2(n3ccnc3)CC2)CCN1S(=O)(=O)c1ccc(C(C)(O)C(F)(F)F)cc1. The first kappa shape index (κ1) is 23.2. The minimum absolute atomic E-state index is 0.0303. The van der Waals surface area contributed by atoms with Crippen molar-refractivity contribution in [3.05, 3.63) is 48.5 Å². The fourth-order valence-electron chi connectivity index (χ4n) is 4.37. The maximum Gasteiger partial charge on any atom is 0.421 e. The molecule has 1 aromatic heterocycles. The Balaban J connectivity index is 1.45. The first-order chi connectivity index (χ1) is 14.9. The van der Waals surface area contributed by atoms with Gasteiger partial charge in [0.25, 0.3) is 0 Å². The zero-order valence-corrected chi connectivity index (χ0v) is 18.8. The molecule has 1 aromatic carbocycles. The lowest BCUT2D eigenvalue weighted by Crippen LogP contribution is -2.55. The number of rotatable bonds is 6. The molecule has 0 spiro atoms. The number of sulfonamides is 1. The Hall–Kier alpha value is -1.95. The average Bonchev–Trinajstić information content (AvgIpc) is 3.27. The Morgan fingerprint density at radius 1 is 1.19 bits per heavy atom. The van der Waals surface area contributed by atoms with Gasteiger partial charge in [-0.25, -0.2) is 13.4 Å². The Kier molecular flexibility index (Phi) is 5.68. The van der Waals surface area contributed by atoms with E-state index in [1.807, 2.05) is 19.4 Å². The maximum atomic E-state index is 13.2. The molecular formula is C21H27F3N4O3S. The summed E-state index contributed by atoms with van der Waals surface area (Å²) >= 11 is 0. The number of imidazole rings is 1. The van der Waals surface area contributed by atoms with Crippen molar-refractivity contribution in [2.45, 2.75) is 54.9 Å². The van der Waals surface area contributed by atoms with Crippen LogP contribution in [-0.4, -0.2) is 70.7 Å². The molecule has 4 rings (SSSR count). The van der Waals surface area contributed by atoms with Gasteiger partial charge in [0, 0.05) is 44.6 Å². The van der Waals surface area contributed by atoms with Crippen LogP contribution in [0.15, 0.2) is 47.9 Å². The third-order valence-electron chi connectivity index (χ3n) is 6.62. The molecule has 1 saturated carbocycles. The van der Waals surface area contributed by atoms with Crippen LogP contribution in [0.3, 0.4) is 0 Å². The molecule has 176 valence electrons. The molecule has 32 heavy (non-hydrogen) atoms. The van der Waals surface area contributed by atoms with E-state index in [9.17, 15) is 26.7 Å². The molecule has 0 bridgehead atoms. The molecule has 1 saturated heterocycles. The number of piperazine rings is 1. The molecule has 2 aromatic rings. The summed E-state index contributed by atoms with van der Waals surface area (Å²) in [5, 5.41) is 9.81. The van der Waals surface area contributed by atoms with Gasteiger partial charge in [0.05, 0.1) is 16.8 Å². The molecule has 1 aliphatic heterocycles. The van der Waals surface area contributed by atoms with Crippen LogP contribution in [0, 0.1) is 0 Å². The number of halogens is 3. The molecule has 7 nitrogen and oxygen atoms in total. The fourth-order valence-corrected chi connectivity index (χ4v) is 5.98. The highest BCUT2D eigenvalue weighted by atomic mass is 32.2. The van der Waals surface area contributed by atoms with E-state index < -0.39 is 27.4 Å². The van der Waals surface area contributed by atoms with Crippen LogP contribution in [0.1, 0.15) is 32.3 Å². The molecule has 2 fully saturated rings. The summed E-state index contributed by atoms with van der Waals surface area (Å²) in [6, 6.07) is 4.00. The Bertz CT molecular complexity index is 1050.